The zero-order valence-corrected chi connectivity index (χ0v) is 13.1. The molecular weight excluding hydrogens is 308 g/mol. The largest absolute Gasteiger partial charge is 0.479 e. The fourth-order valence-corrected chi connectivity index (χ4v) is 2.40. The van der Waals surface area contributed by atoms with Gasteiger partial charge in [0.15, 0.2) is 5.54 Å². The van der Waals surface area contributed by atoms with Gasteiger partial charge in [-0.25, -0.2) is 4.79 Å². The van der Waals surface area contributed by atoms with Gasteiger partial charge in [0.2, 0.25) is 5.91 Å². The van der Waals surface area contributed by atoms with Gasteiger partial charge < -0.3 is 19.7 Å². The number of fused-ring (bicyclic) bond motifs is 1. The minimum Gasteiger partial charge on any atom is -0.479 e. The van der Waals surface area contributed by atoms with E-state index in [-0.39, 0.29) is 13.2 Å². The number of aromatic nitrogens is 1. The number of hydrogen-bond acceptors (Lipinski definition) is 3. The van der Waals surface area contributed by atoms with E-state index in [1.54, 1.807) is 22.9 Å². The number of carbonyl (C=O) groups is 2. The van der Waals surface area contributed by atoms with Gasteiger partial charge in [0, 0.05) is 23.8 Å². The number of aliphatic carboxylic acids is 1. The number of methoxy groups -OCH3 is 1. The number of carboxylic acids is 1. The topological polar surface area (TPSA) is 80.6 Å². The summed E-state index contributed by atoms with van der Waals surface area (Å²) in [6.07, 6.45) is 1.76. The number of benzene rings is 1. The molecule has 0 spiro atoms. The van der Waals surface area contributed by atoms with E-state index in [1.165, 1.54) is 14.0 Å². The number of nitrogens with zero attached hydrogens (tertiary/aromatic N) is 1. The Balaban J connectivity index is 2.17. The first-order chi connectivity index (χ1) is 10.4. The lowest BCUT2D eigenvalue weighted by Gasteiger charge is -2.25. The standard InChI is InChI=1S/C15H17ClN2O4/c1-15(9-22-2,14(20)21)17-13(19)8-18-6-5-10-3-4-11(16)7-12(10)18/h3-7H,8-9H2,1-2H3,(H,17,19)(H,20,21). The maximum Gasteiger partial charge on any atom is 0.331 e. The van der Waals surface area contributed by atoms with Crippen LogP contribution in [0.5, 0.6) is 0 Å². The second kappa shape index (κ2) is 6.37. The van der Waals surface area contributed by atoms with E-state index < -0.39 is 17.4 Å². The van der Waals surface area contributed by atoms with Gasteiger partial charge in [0.25, 0.3) is 0 Å². The van der Waals surface area contributed by atoms with Gasteiger partial charge in [0.1, 0.15) is 6.54 Å². The summed E-state index contributed by atoms with van der Waals surface area (Å²) in [6.45, 7) is 1.28. The van der Waals surface area contributed by atoms with E-state index in [0.717, 1.165) is 10.9 Å². The first kappa shape index (κ1) is 16.3. The number of halogens is 1. The lowest BCUT2D eigenvalue weighted by molar-refractivity contribution is -0.149. The number of nitrogens with one attached hydrogen (secondary N) is 1. The molecule has 0 aliphatic carbocycles. The van der Waals surface area contributed by atoms with Crippen LogP contribution in [0, 0.1) is 0 Å². The minimum absolute atomic E-state index is 0.00355. The van der Waals surface area contributed by atoms with Crippen molar-refractivity contribution < 1.29 is 19.4 Å². The highest BCUT2D eigenvalue weighted by molar-refractivity contribution is 6.31. The molecule has 22 heavy (non-hydrogen) atoms. The van der Waals surface area contributed by atoms with Crippen LogP contribution in [0.3, 0.4) is 0 Å². The highest BCUT2D eigenvalue weighted by Gasteiger charge is 2.34. The molecule has 1 unspecified atom stereocenters. The number of amides is 1. The predicted molar refractivity (Wildman–Crippen MR) is 83.0 cm³/mol. The molecule has 2 rings (SSSR count). The van der Waals surface area contributed by atoms with Crippen LogP contribution in [-0.2, 0) is 20.9 Å². The van der Waals surface area contributed by atoms with E-state index in [9.17, 15) is 14.7 Å². The summed E-state index contributed by atoms with van der Waals surface area (Å²) in [7, 11) is 1.38. The first-order valence-electron chi connectivity index (χ1n) is 6.63. The average Bonchev–Trinajstić information content (AvgIpc) is 2.81. The lowest BCUT2D eigenvalue weighted by Crippen LogP contribution is -2.56. The molecule has 0 fully saturated rings. The molecule has 7 heteroatoms. The molecule has 1 aromatic heterocycles. The van der Waals surface area contributed by atoms with E-state index in [1.807, 2.05) is 12.1 Å². The molecule has 2 aromatic rings. The second-order valence-electron chi connectivity index (χ2n) is 5.27. The van der Waals surface area contributed by atoms with Crippen molar-refractivity contribution in [2.45, 2.75) is 19.0 Å². The van der Waals surface area contributed by atoms with E-state index >= 15 is 0 Å². The number of carboxylic acid groups (broad SMARTS) is 1. The Morgan fingerprint density at radius 3 is 2.77 bits per heavy atom. The van der Waals surface area contributed by atoms with E-state index in [0.29, 0.717) is 5.02 Å². The molecule has 118 valence electrons. The molecule has 0 bridgehead atoms. The molecule has 0 saturated carbocycles. The molecule has 0 saturated heterocycles. The predicted octanol–water partition coefficient (Wildman–Crippen LogP) is 1.90. The van der Waals surface area contributed by atoms with Gasteiger partial charge in [-0.05, 0) is 30.5 Å². The van der Waals surface area contributed by atoms with Crippen LogP contribution in [0.1, 0.15) is 6.92 Å². The lowest BCUT2D eigenvalue weighted by atomic mass is 10.0. The SMILES string of the molecule is COCC(C)(NC(=O)Cn1ccc2ccc(Cl)cc21)C(=O)O. The van der Waals surface area contributed by atoms with Gasteiger partial charge in [-0.15, -0.1) is 0 Å². The molecule has 1 heterocycles. The van der Waals surface area contributed by atoms with Crippen LogP contribution in [0.2, 0.25) is 5.02 Å². The van der Waals surface area contributed by atoms with E-state index in [2.05, 4.69) is 5.32 Å². The van der Waals surface area contributed by atoms with Crippen LogP contribution in [0.15, 0.2) is 30.5 Å². The van der Waals surface area contributed by atoms with Crippen molar-refractivity contribution in [1.29, 1.82) is 0 Å². The Morgan fingerprint density at radius 1 is 1.41 bits per heavy atom. The molecule has 1 amide bonds. The van der Waals surface area contributed by atoms with Crippen LogP contribution < -0.4 is 5.32 Å². The summed E-state index contributed by atoms with van der Waals surface area (Å²) in [6, 6.07) is 7.26. The summed E-state index contributed by atoms with van der Waals surface area (Å²) < 4.78 is 6.58. The van der Waals surface area contributed by atoms with Crippen molar-refractivity contribution in [3.63, 3.8) is 0 Å². The smallest absolute Gasteiger partial charge is 0.331 e. The number of hydrogen-bond donors (Lipinski definition) is 2. The Morgan fingerprint density at radius 2 is 2.14 bits per heavy atom. The normalized spacial score (nSPS) is 13.8. The fraction of sp³-hybridized carbons (Fsp3) is 0.333. The Bertz CT molecular complexity index is 713. The second-order valence-corrected chi connectivity index (χ2v) is 5.70. The van der Waals surface area contributed by atoms with Crippen LogP contribution in [0.4, 0.5) is 0 Å². The number of carbonyl (C=O) groups excluding carboxylic acids is 1. The van der Waals surface area contributed by atoms with E-state index in [4.69, 9.17) is 16.3 Å². The van der Waals surface area contributed by atoms with Crippen molar-refractivity contribution in [3.05, 3.63) is 35.5 Å². The monoisotopic (exact) mass is 324 g/mol. The zero-order valence-electron chi connectivity index (χ0n) is 12.3. The van der Waals surface area contributed by atoms with Crippen molar-refractivity contribution in [2.75, 3.05) is 13.7 Å². The molecule has 2 N–H and O–H groups in total. The number of rotatable bonds is 6. The third-order valence-corrected chi connectivity index (χ3v) is 3.61. The average molecular weight is 325 g/mol. The number of ether oxygens (including phenoxy) is 1. The highest BCUT2D eigenvalue weighted by atomic mass is 35.5. The Kier molecular flexibility index (Phi) is 4.73. The summed E-state index contributed by atoms with van der Waals surface area (Å²) in [5.41, 5.74) is -0.654. The summed E-state index contributed by atoms with van der Waals surface area (Å²) in [5.74, 6) is -1.57. The molecular formula is C15H17ClN2O4. The third-order valence-electron chi connectivity index (χ3n) is 3.37. The first-order valence-corrected chi connectivity index (χ1v) is 7.01. The molecule has 0 aliphatic rings. The van der Waals surface area contributed by atoms with Gasteiger partial charge >= 0.3 is 5.97 Å². The van der Waals surface area contributed by atoms with Crippen molar-refractivity contribution in [2.24, 2.45) is 0 Å². The van der Waals surface area contributed by atoms with Crippen molar-refractivity contribution >= 4 is 34.4 Å². The molecule has 0 radical (unpaired) electrons. The van der Waals surface area contributed by atoms with Gasteiger partial charge in [-0.3, -0.25) is 4.79 Å². The maximum atomic E-state index is 12.2. The quantitative estimate of drug-likeness (QED) is 0.850. The summed E-state index contributed by atoms with van der Waals surface area (Å²) >= 11 is 5.97. The fourth-order valence-electron chi connectivity index (χ4n) is 2.24. The Hall–Kier alpha value is -2.05. The molecule has 6 nitrogen and oxygen atoms in total. The zero-order chi connectivity index (χ0) is 16.3. The molecule has 1 atom stereocenters. The van der Waals surface area contributed by atoms with Gasteiger partial charge in [0.05, 0.1) is 6.61 Å². The summed E-state index contributed by atoms with van der Waals surface area (Å²) in [4.78, 5) is 23.4. The maximum absolute atomic E-state index is 12.2. The molecule has 0 aliphatic heterocycles. The van der Waals surface area contributed by atoms with Crippen LogP contribution in [-0.4, -0.2) is 40.8 Å². The van der Waals surface area contributed by atoms with Crippen LogP contribution in [0.25, 0.3) is 10.9 Å². The van der Waals surface area contributed by atoms with Gasteiger partial charge in [-0.1, -0.05) is 17.7 Å². The molecule has 1 aromatic carbocycles. The van der Waals surface area contributed by atoms with Crippen LogP contribution >= 0.6 is 11.6 Å². The van der Waals surface area contributed by atoms with Crippen molar-refractivity contribution in [3.8, 4) is 0 Å². The van der Waals surface area contributed by atoms with Gasteiger partial charge in [-0.2, -0.15) is 0 Å². The highest BCUT2D eigenvalue weighted by Crippen LogP contribution is 2.20. The Labute approximate surface area is 132 Å². The minimum atomic E-state index is -1.47. The summed E-state index contributed by atoms with van der Waals surface area (Å²) in [5, 5.41) is 13.2. The third kappa shape index (κ3) is 3.40. The van der Waals surface area contributed by atoms with Crippen molar-refractivity contribution in [1.82, 2.24) is 9.88 Å².